The second-order valence-electron chi connectivity index (χ2n) is 14.7. The SMILES string of the molecule is Oc1c(O)c(O)c2c(O)c(-c3c4c(O)c(O)c(O)c(O)c4c(-c4c(O)c(O)c5c(O)c(O)c(O)c(O)c5c4O)c4c(O)c(-c5cccc6ccccc56)c(O)c(O)c34)c(O)c(O)c2c1O. The molecule has 0 amide bonds. The number of fused-ring (bicyclic) bond motifs is 5. The highest BCUT2D eigenvalue weighted by molar-refractivity contribution is 6.33. The molecule has 0 aliphatic heterocycles. The van der Waals surface area contributed by atoms with Crippen LogP contribution in [-0.4, -0.2) is 107 Å². The van der Waals surface area contributed by atoms with Crippen LogP contribution in [0.3, 0.4) is 0 Å². The lowest BCUT2D eigenvalue weighted by Crippen LogP contribution is -1.98. The van der Waals surface area contributed by atoms with Crippen molar-refractivity contribution in [3.63, 3.8) is 0 Å². The fourth-order valence-electron chi connectivity index (χ4n) is 8.57. The Labute approximate surface area is 357 Å². The van der Waals surface area contributed by atoms with Crippen LogP contribution >= 0.6 is 0 Å². The number of phenolic OH excluding ortho intramolecular Hbond substituents is 21. The molecule has 9 aromatic rings. The topological polar surface area (TPSA) is 425 Å². The fourth-order valence-corrected chi connectivity index (χ4v) is 8.57. The maximum atomic E-state index is 12.7. The molecule has 0 unspecified atom stereocenters. The molecule has 65 heavy (non-hydrogen) atoms. The molecule has 0 bridgehead atoms. The Bertz CT molecular complexity index is 3720. The zero-order valence-electron chi connectivity index (χ0n) is 31.9. The molecule has 0 radical (unpaired) electrons. The van der Waals surface area contributed by atoms with Gasteiger partial charge in [0.1, 0.15) is 17.2 Å². The summed E-state index contributed by atoms with van der Waals surface area (Å²) in [4.78, 5) is 0. The molecule has 0 atom stereocenters. The van der Waals surface area contributed by atoms with Crippen molar-refractivity contribution in [3.8, 4) is 154 Å². The van der Waals surface area contributed by atoms with E-state index in [1.54, 1.807) is 24.3 Å². The summed E-state index contributed by atoms with van der Waals surface area (Å²) in [6, 6.07) is 10.6. The van der Waals surface area contributed by atoms with Crippen LogP contribution in [0.5, 0.6) is 121 Å². The van der Waals surface area contributed by atoms with Gasteiger partial charge in [-0.15, -0.1) is 0 Å². The molecule has 0 aliphatic rings. The third kappa shape index (κ3) is 4.79. The fraction of sp³-hybridized carbons (Fsp3) is 0. The molecule has 9 aromatic carbocycles. The van der Waals surface area contributed by atoms with Crippen molar-refractivity contribution in [2.24, 2.45) is 0 Å². The second kappa shape index (κ2) is 13.0. The van der Waals surface area contributed by atoms with E-state index in [1.807, 2.05) is 0 Å². The van der Waals surface area contributed by atoms with Gasteiger partial charge in [-0.2, -0.15) is 0 Å². The van der Waals surface area contributed by atoms with Crippen molar-refractivity contribution in [2.45, 2.75) is 0 Å². The maximum absolute atomic E-state index is 12.7. The number of hydrogen-bond donors (Lipinski definition) is 21. The minimum Gasteiger partial charge on any atom is -0.506 e. The Kier molecular flexibility index (Phi) is 8.12. The van der Waals surface area contributed by atoms with E-state index in [2.05, 4.69) is 0 Å². The molecule has 0 aromatic heterocycles. The largest absolute Gasteiger partial charge is 0.506 e. The number of phenols is 21. The van der Waals surface area contributed by atoms with Crippen molar-refractivity contribution in [1.82, 2.24) is 0 Å². The molecular formula is C44H28O21. The quantitative estimate of drug-likeness (QED) is 0.0527. The maximum Gasteiger partial charge on any atom is 0.205 e. The summed E-state index contributed by atoms with van der Waals surface area (Å²) in [7, 11) is 0. The Morgan fingerprint density at radius 2 is 0.446 bits per heavy atom. The minimum absolute atomic E-state index is 0.106. The first-order valence-corrected chi connectivity index (χ1v) is 18.3. The third-order valence-corrected chi connectivity index (χ3v) is 11.5. The van der Waals surface area contributed by atoms with Crippen LogP contribution in [0.15, 0.2) is 42.5 Å². The molecule has 0 heterocycles. The van der Waals surface area contributed by atoms with Crippen molar-refractivity contribution >= 4 is 53.9 Å². The van der Waals surface area contributed by atoms with Crippen LogP contribution in [-0.2, 0) is 0 Å². The van der Waals surface area contributed by atoms with Gasteiger partial charge in [-0.1, -0.05) is 42.5 Å². The molecular weight excluding hydrogens is 864 g/mol. The van der Waals surface area contributed by atoms with Gasteiger partial charge in [-0.05, 0) is 16.3 Å². The molecule has 21 nitrogen and oxygen atoms in total. The van der Waals surface area contributed by atoms with Gasteiger partial charge in [0, 0.05) is 32.7 Å². The van der Waals surface area contributed by atoms with Crippen molar-refractivity contribution in [3.05, 3.63) is 42.5 Å². The second-order valence-corrected chi connectivity index (χ2v) is 14.7. The van der Waals surface area contributed by atoms with Crippen LogP contribution in [0.25, 0.3) is 87.2 Å². The van der Waals surface area contributed by atoms with E-state index in [9.17, 15) is 107 Å². The highest BCUT2D eigenvalue weighted by Gasteiger charge is 2.39. The van der Waals surface area contributed by atoms with Gasteiger partial charge in [-0.3, -0.25) is 0 Å². The average Bonchev–Trinajstić information content (AvgIpc) is 3.28. The summed E-state index contributed by atoms with van der Waals surface area (Å²) < 4.78 is 0. The zero-order chi connectivity index (χ0) is 47.3. The number of rotatable bonds is 3. The van der Waals surface area contributed by atoms with Crippen LogP contribution in [0.1, 0.15) is 0 Å². The predicted octanol–water partition coefficient (Wildman–Crippen LogP) is 6.27. The molecule has 21 N–H and O–H groups in total. The molecule has 9 rings (SSSR count). The van der Waals surface area contributed by atoms with Gasteiger partial charge in [0.15, 0.2) is 69.0 Å². The minimum atomic E-state index is -1.65. The Morgan fingerprint density at radius 3 is 0.846 bits per heavy atom. The van der Waals surface area contributed by atoms with Crippen molar-refractivity contribution in [2.75, 3.05) is 0 Å². The summed E-state index contributed by atoms with van der Waals surface area (Å²) in [5, 5.41) is 229. The summed E-state index contributed by atoms with van der Waals surface area (Å²) in [6.07, 6.45) is 0. The first-order valence-electron chi connectivity index (χ1n) is 18.3. The lowest BCUT2D eigenvalue weighted by molar-refractivity contribution is 0.347. The smallest absolute Gasteiger partial charge is 0.205 e. The lowest BCUT2D eigenvalue weighted by Gasteiger charge is -2.26. The monoisotopic (exact) mass is 892 g/mol. The number of hydrogen-bond acceptors (Lipinski definition) is 21. The van der Waals surface area contributed by atoms with Crippen LogP contribution in [0, 0.1) is 0 Å². The van der Waals surface area contributed by atoms with E-state index >= 15 is 0 Å². The molecule has 0 saturated carbocycles. The first-order chi connectivity index (χ1) is 30.6. The summed E-state index contributed by atoms with van der Waals surface area (Å²) in [5.41, 5.74) is -5.90. The van der Waals surface area contributed by atoms with Gasteiger partial charge >= 0.3 is 0 Å². The van der Waals surface area contributed by atoms with Crippen LogP contribution < -0.4 is 0 Å². The Morgan fingerprint density at radius 1 is 0.185 bits per heavy atom. The summed E-state index contributed by atoms with van der Waals surface area (Å²) in [5.74, 6) is -31.9. The Balaban J connectivity index is 1.68. The molecule has 21 heteroatoms. The van der Waals surface area contributed by atoms with Gasteiger partial charge in [0.25, 0.3) is 0 Å². The van der Waals surface area contributed by atoms with Crippen LogP contribution in [0.2, 0.25) is 0 Å². The van der Waals surface area contributed by atoms with Gasteiger partial charge < -0.3 is 107 Å². The summed E-state index contributed by atoms with van der Waals surface area (Å²) in [6.45, 7) is 0. The van der Waals surface area contributed by atoms with E-state index in [0.717, 1.165) is 0 Å². The lowest BCUT2D eigenvalue weighted by atomic mass is 9.80. The van der Waals surface area contributed by atoms with E-state index in [1.165, 1.54) is 18.2 Å². The van der Waals surface area contributed by atoms with E-state index in [4.69, 9.17) is 0 Å². The highest BCUT2D eigenvalue weighted by atomic mass is 16.4. The highest BCUT2D eigenvalue weighted by Crippen LogP contribution is 2.69. The standard InChI is InChI=1S/C44H28O21/c45-24-11(10-7-3-5-8-4-1-2-6-9(8)10)27(48)28(49)15-13(19-26(47)21-23(34(55)32(19)53)38(59)44(65)42(63)36(21)57)17-16(29(50)39(60)40(61)30(17)51)12(14(15)24)18-25(46)20-22(33(54)31(18)52)37(58)43(64)41(62)35(20)56/h1-7,45-65H. The number of benzene rings is 9. The molecule has 0 saturated heterocycles. The van der Waals surface area contributed by atoms with E-state index in [-0.39, 0.29) is 10.9 Å². The van der Waals surface area contributed by atoms with Gasteiger partial charge in [-0.25, -0.2) is 0 Å². The van der Waals surface area contributed by atoms with Crippen molar-refractivity contribution in [1.29, 1.82) is 0 Å². The third-order valence-electron chi connectivity index (χ3n) is 11.5. The van der Waals surface area contributed by atoms with Gasteiger partial charge in [0.2, 0.25) is 34.5 Å². The molecule has 0 fully saturated rings. The summed E-state index contributed by atoms with van der Waals surface area (Å²) >= 11 is 0. The molecule has 330 valence electrons. The Hall–Kier alpha value is -9.92. The van der Waals surface area contributed by atoms with Crippen LogP contribution in [0.4, 0.5) is 0 Å². The van der Waals surface area contributed by atoms with E-state index < -0.39 is 192 Å². The zero-order valence-corrected chi connectivity index (χ0v) is 31.9. The average molecular weight is 893 g/mol. The first kappa shape index (κ1) is 40.5. The van der Waals surface area contributed by atoms with Crippen molar-refractivity contribution < 1.29 is 107 Å². The normalized spacial score (nSPS) is 11.8. The predicted molar refractivity (Wildman–Crippen MR) is 225 cm³/mol. The molecule has 0 aliphatic carbocycles. The molecule has 0 spiro atoms. The van der Waals surface area contributed by atoms with Gasteiger partial charge in [0.05, 0.1) is 38.2 Å². The van der Waals surface area contributed by atoms with E-state index in [0.29, 0.717) is 5.39 Å². The number of aromatic hydroxyl groups is 21.